The number of benzene rings is 1. The molecule has 0 saturated carbocycles. The summed E-state index contributed by atoms with van der Waals surface area (Å²) >= 11 is 0. The molecule has 1 saturated heterocycles. The topological polar surface area (TPSA) is 67.6 Å². The molecule has 1 unspecified atom stereocenters. The van der Waals surface area contributed by atoms with E-state index in [0.717, 1.165) is 18.6 Å². The molecular formula is C19H31N3O2. The summed E-state index contributed by atoms with van der Waals surface area (Å²) in [6.45, 7) is 6.46. The van der Waals surface area contributed by atoms with E-state index in [2.05, 4.69) is 35.3 Å². The summed E-state index contributed by atoms with van der Waals surface area (Å²) in [5.41, 5.74) is 6.70. The van der Waals surface area contributed by atoms with Crippen LogP contribution in [0, 0.1) is 0 Å². The second kappa shape index (κ2) is 10.3. The Morgan fingerprint density at radius 1 is 1.33 bits per heavy atom. The lowest BCUT2D eigenvalue weighted by Gasteiger charge is -2.24. The van der Waals surface area contributed by atoms with E-state index >= 15 is 0 Å². The molecular weight excluding hydrogens is 302 g/mol. The summed E-state index contributed by atoms with van der Waals surface area (Å²) in [6.07, 6.45) is 4.66. The Labute approximate surface area is 145 Å². The Hall–Kier alpha value is -1.59. The number of carbonyl (C=O) groups excluding carboxylic acids is 1. The van der Waals surface area contributed by atoms with Crippen molar-refractivity contribution in [3.8, 4) is 5.75 Å². The molecule has 1 aliphatic heterocycles. The molecule has 24 heavy (non-hydrogen) atoms. The van der Waals surface area contributed by atoms with Gasteiger partial charge in [-0.3, -0.25) is 9.69 Å². The van der Waals surface area contributed by atoms with E-state index in [0.29, 0.717) is 32.2 Å². The van der Waals surface area contributed by atoms with Crippen molar-refractivity contribution in [2.24, 2.45) is 5.73 Å². The maximum atomic E-state index is 11.5. The van der Waals surface area contributed by atoms with Crippen molar-refractivity contribution in [3.63, 3.8) is 0 Å². The SMILES string of the molecule is CC(c1cccc(OCCCNC(=O)CCCN)c1)N1CCCC1. The molecule has 5 nitrogen and oxygen atoms in total. The van der Waals surface area contributed by atoms with E-state index in [9.17, 15) is 4.79 Å². The van der Waals surface area contributed by atoms with Crippen LogP contribution >= 0.6 is 0 Å². The molecule has 0 radical (unpaired) electrons. The van der Waals surface area contributed by atoms with Crippen molar-refractivity contribution in [2.45, 2.75) is 45.1 Å². The average molecular weight is 333 g/mol. The maximum absolute atomic E-state index is 11.5. The quantitative estimate of drug-likeness (QED) is 0.646. The van der Waals surface area contributed by atoms with Crippen LogP contribution in [0.5, 0.6) is 5.75 Å². The van der Waals surface area contributed by atoms with Gasteiger partial charge in [0.15, 0.2) is 0 Å². The molecule has 0 bridgehead atoms. The number of hydrogen-bond donors (Lipinski definition) is 2. The van der Waals surface area contributed by atoms with E-state index in [1.807, 2.05) is 6.07 Å². The second-order valence-corrected chi connectivity index (χ2v) is 6.44. The first-order valence-corrected chi connectivity index (χ1v) is 9.14. The first-order chi connectivity index (χ1) is 11.7. The van der Waals surface area contributed by atoms with Crippen LogP contribution in [0.25, 0.3) is 0 Å². The third-order valence-corrected chi connectivity index (χ3v) is 4.55. The molecule has 0 spiro atoms. The fourth-order valence-electron chi connectivity index (χ4n) is 3.04. The summed E-state index contributed by atoms with van der Waals surface area (Å²) in [5, 5.41) is 2.89. The first kappa shape index (κ1) is 18.7. The predicted octanol–water partition coefficient (Wildman–Crippen LogP) is 2.47. The Morgan fingerprint density at radius 3 is 2.88 bits per heavy atom. The molecule has 5 heteroatoms. The Kier molecular flexibility index (Phi) is 8.05. The number of likely N-dealkylation sites (tertiary alicyclic amines) is 1. The highest BCUT2D eigenvalue weighted by molar-refractivity contribution is 5.75. The summed E-state index contributed by atoms with van der Waals surface area (Å²) in [7, 11) is 0. The van der Waals surface area contributed by atoms with Crippen molar-refractivity contribution in [1.82, 2.24) is 10.2 Å². The highest BCUT2D eigenvalue weighted by Crippen LogP contribution is 2.26. The minimum atomic E-state index is 0.0712. The summed E-state index contributed by atoms with van der Waals surface area (Å²) in [6, 6.07) is 8.82. The second-order valence-electron chi connectivity index (χ2n) is 6.44. The van der Waals surface area contributed by atoms with Crippen LogP contribution in [0.2, 0.25) is 0 Å². The van der Waals surface area contributed by atoms with E-state index in [4.69, 9.17) is 10.5 Å². The third-order valence-electron chi connectivity index (χ3n) is 4.55. The number of nitrogens with two attached hydrogens (primary N) is 1. The molecule has 1 heterocycles. The van der Waals surface area contributed by atoms with Gasteiger partial charge in [-0.15, -0.1) is 0 Å². The molecule has 3 N–H and O–H groups in total. The Balaban J connectivity index is 1.69. The molecule has 0 aromatic heterocycles. The molecule has 134 valence electrons. The van der Waals surface area contributed by atoms with Crippen LogP contribution in [0.3, 0.4) is 0 Å². The van der Waals surface area contributed by atoms with E-state index in [-0.39, 0.29) is 5.91 Å². The van der Waals surface area contributed by atoms with Gasteiger partial charge in [0, 0.05) is 19.0 Å². The molecule has 2 rings (SSSR count). The van der Waals surface area contributed by atoms with Gasteiger partial charge in [-0.1, -0.05) is 12.1 Å². The minimum Gasteiger partial charge on any atom is -0.494 e. The van der Waals surface area contributed by atoms with Crippen molar-refractivity contribution in [3.05, 3.63) is 29.8 Å². The monoisotopic (exact) mass is 333 g/mol. The van der Waals surface area contributed by atoms with Gasteiger partial charge in [0.25, 0.3) is 0 Å². The van der Waals surface area contributed by atoms with Gasteiger partial charge in [0.2, 0.25) is 5.91 Å². The number of nitrogens with one attached hydrogen (secondary N) is 1. The van der Waals surface area contributed by atoms with Gasteiger partial charge in [0.1, 0.15) is 5.75 Å². The van der Waals surface area contributed by atoms with Crippen LogP contribution in [-0.2, 0) is 4.79 Å². The first-order valence-electron chi connectivity index (χ1n) is 9.14. The molecule has 1 amide bonds. The summed E-state index contributed by atoms with van der Waals surface area (Å²) < 4.78 is 5.83. The molecule has 1 aromatic carbocycles. The number of amides is 1. The lowest BCUT2D eigenvalue weighted by Crippen LogP contribution is -2.25. The number of ether oxygens (including phenoxy) is 1. The van der Waals surface area contributed by atoms with Gasteiger partial charge in [-0.25, -0.2) is 0 Å². The molecule has 1 fully saturated rings. The Morgan fingerprint density at radius 2 is 2.12 bits per heavy atom. The lowest BCUT2D eigenvalue weighted by atomic mass is 10.1. The molecule has 1 aliphatic rings. The van der Waals surface area contributed by atoms with Crippen LogP contribution in [0.4, 0.5) is 0 Å². The van der Waals surface area contributed by atoms with Gasteiger partial charge in [-0.2, -0.15) is 0 Å². The van der Waals surface area contributed by atoms with Crippen LogP contribution in [0.1, 0.15) is 50.6 Å². The maximum Gasteiger partial charge on any atom is 0.220 e. The van der Waals surface area contributed by atoms with Gasteiger partial charge in [0.05, 0.1) is 6.61 Å². The zero-order valence-corrected chi connectivity index (χ0v) is 14.8. The summed E-state index contributed by atoms with van der Waals surface area (Å²) in [5.74, 6) is 0.981. The van der Waals surface area contributed by atoms with E-state index in [1.54, 1.807) is 0 Å². The fraction of sp³-hybridized carbons (Fsp3) is 0.632. The van der Waals surface area contributed by atoms with E-state index in [1.165, 1.54) is 31.5 Å². The van der Waals surface area contributed by atoms with Crippen LogP contribution < -0.4 is 15.8 Å². The number of rotatable bonds is 10. The number of nitrogens with zero attached hydrogens (tertiary/aromatic N) is 1. The smallest absolute Gasteiger partial charge is 0.220 e. The number of carbonyl (C=O) groups is 1. The molecule has 1 aromatic rings. The van der Waals surface area contributed by atoms with Crippen molar-refractivity contribution < 1.29 is 9.53 Å². The van der Waals surface area contributed by atoms with Gasteiger partial charge < -0.3 is 15.8 Å². The standard InChI is InChI=1S/C19H31N3O2/c1-16(22-12-2-3-13-22)17-7-4-8-18(15-17)24-14-6-11-21-19(23)9-5-10-20/h4,7-8,15-16H,2-3,5-6,9-14,20H2,1H3,(H,21,23). The van der Waals surface area contributed by atoms with Gasteiger partial charge in [-0.05, 0) is 69.9 Å². The third kappa shape index (κ3) is 6.13. The lowest BCUT2D eigenvalue weighted by molar-refractivity contribution is -0.121. The molecule has 1 atom stereocenters. The van der Waals surface area contributed by atoms with Gasteiger partial charge >= 0.3 is 0 Å². The highest BCUT2D eigenvalue weighted by atomic mass is 16.5. The zero-order chi connectivity index (χ0) is 17.2. The molecule has 0 aliphatic carbocycles. The average Bonchev–Trinajstić information content (AvgIpc) is 3.14. The summed E-state index contributed by atoms with van der Waals surface area (Å²) in [4.78, 5) is 14.0. The van der Waals surface area contributed by atoms with Crippen LogP contribution in [-0.4, -0.2) is 43.6 Å². The van der Waals surface area contributed by atoms with Crippen LogP contribution in [0.15, 0.2) is 24.3 Å². The Bertz CT molecular complexity index is 501. The van der Waals surface area contributed by atoms with Crippen molar-refractivity contribution >= 4 is 5.91 Å². The number of hydrogen-bond acceptors (Lipinski definition) is 4. The van der Waals surface area contributed by atoms with E-state index < -0.39 is 0 Å². The largest absolute Gasteiger partial charge is 0.494 e. The normalized spacial score (nSPS) is 16.1. The fourth-order valence-corrected chi connectivity index (χ4v) is 3.04. The predicted molar refractivity (Wildman–Crippen MR) is 97.1 cm³/mol. The highest BCUT2D eigenvalue weighted by Gasteiger charge is 2.19. The minimum absolute atomic E-state index is 0.0712. The van der Waals surface area contributed by atoms with Crippen molar-refractivity contribution in [1.29, 1.82) is 0 Å². The van der Waals surface area contributed by atoms with Crippen molar-refractivity contribution in [2.75, 3.05) is 32.8 Å². The zero-order valence-electron chi connectivity index (χ0n) is 14.8.